The van der Waals surface area contributed by atoms with Crippen molar-refractivity contribution < 1.29 is 9.53 Å². The average molecular weight is 292 g/mol. The van der Waals surface area contributed by atoms with Crippen molar-refractivity contribution in [2.75, 3.05) is 25.0 Å². The normalized spacial score (nSPS) is 18.7. The molecule has 0 unspecified atom stereocenters. The lowest BCUT2D eigenvalue weighted by Gasteiger charge is -2.24. The van der Waals surface area contributed by atoms with Crippen LogP contribution in [0.25, 0.3) is 0 Å². The molecule has 1 amide bonds. The molecule has 1 N–H and O–H groups in total. The van der Waals surface area contributed by atoms with Crippen molar-refractivity contribution in [1.82, 2.24) is 14.9 Å². The predicted molar refractivity (Wildman–Crippen MR) is 81.2 cm³/mol. The molecule has 21 heavy (non-hydrogen) atoms. The van der Waals surface area contributed by atoms with Crippen LogP contribution in [0.4, 0.5) is 10.6 Å². The van der Waals surface area contributed by atoms with Gasteiger partial charge in [-0.1, -0.05) is 0 Å². The fraction of sp³-hybridized carbons (Fsp3) is 0.667. The van der Waals surface area contributed by atoms with Crippen LogP contribution in [0.2, 0.25) is 0 Å². The molecule has 0 radical (unpaired) electrons. The van der Waals surface area contributed by atoms with Crippen molar-refractivity contribution in [3.8, 4) is 0 Å². The number of carbonyl (C=O) groups is 1. The monoisotopic (exact) mass is 292 g/mol. The third-order valence-electron chi connectivity index (χ3n) is 3.31. The molecule has 0 saturated carbocycles. The highest BCUT2D eigenvalue weighted by molar-refractivity contribution is 5.68. The van der Waals surface area contributed by atoms with E-state index in [4.69, 9.17) is 4.74 Å². The van der Waals surface area contributed by atoms with Crippen LogP contribution in [-0.2, 0) is 4.74 Å². The van der Waals surface area contributed by atoms with Crippen LogP contribution >= 0.6 is 0 Å². The lowest BCUT2D eigenvalue weighted by molar-refractivity contribution is 0.0289. The highest BCUT2D eigenvalue weighted by Gasteiger charge is 2.29. The maximum Gasteiger partial charge on any atom is 0.410 e. The summed E-state index contributed by atoms with van der Waals surface area (Å²) >= 11 is 0. The van der Waals surface area contributed by atoms with Gasteiger partial charge in [0.25, 0.3) is 0 Å². The lowest BCUT2D eigenvalue weighted by atomic mass is 10.1. The molecule has 1 fully saturated rings. The van der Waals surface area contributed by atoms with Gasteiger partial charge in [0, 0.05) is 31.4 Å². The van der Waals surface area contributed by atoms with E-state index in [0.29, 0.717) is 5.92 Å². The van der Waals surface area contributed by atoms with Gasteiger partial charge in [0.1, 0.15) is 17.7 Å². The van der Waals surface area contributed by atoms with Crippen molar-refractivity contribution >= 4 is 11.9 Å². The maximum atomic E-state index is 12.0. The number of hydrogen-bond donors (Lipinski definition) is 1. The maximum absolute atomic E-state index is 12.0. The molecule has 6 heteroatoms. The first-order valence-electron chi connectivity index (χ1n) is 7.34. The van der Waals surface area contributed by atoms with Crippen LogP contribution < -0.4 is 5.32 Å². The molecule has 0 aliphatic carbocycles. The molecule has 0 aromatic carbocycles. The molecular weight excluding hydrogens is 268 g/mol. The first-order valence-corrected chi connectivity index (χ1v) is 7.34. The zero-order valence-corrected chi connectivity index (χ0v) is 13.2. The van der Waals surface area contributed by atoms with Gasteiger partial charge in [-0.2, -0.15) is 0 Å². The molecule has 116 valence electrons. The van der Waals surface area contributed by atoms with E-state index < -0.39 is 5.60 Å². The second kappa shape index (κ2) is 6.28. The Balaban J connectivity index is 1.79. The molecule has 6 nitrogen and oxygen atoms in total. The summed E-state index contributed by atoms with van der Waals surface area (Å²) in [5.74, 6) is 1.26. The van der Waals surface area contributed by atoms with Crippen LogP contribution in [0.1, 0.15) is 32.9 Å². The second-order valence-corrected chi connectivity index (χ2v) is 6.51. The quantitative estimate of drug-likeness (QED) is 0.927. The molecule has 1 atom stereocenters. The van der Waals surface area contributed by atoms with E-state index >= 15 is 0 Å². The molecule has 1 saturated heterocycles. The number of ether oxygens (including phenoxy) is 1. The topological polar surface area (TPSA) is 67.4 Å². The Bertz CT molecular complexity index is 499. The van der Waals surface area contributed by atoms with Gasteiger partial charge >= 0.3 is 6.09 Å². The van der Waals surface area contributed by atoms with E-state index in [1.165, 1.54) is 0 Å². The third kappa shape index (κ3) is 4.88. The number of rotatable bonds is 3. The van der Waals surface area contributed by atoms with Crippen molar-refractivity contribution in [2.24, 2.45) is 5.92 Å². The number of nitrogens with one attached hydrogen (secondary N) is 1. The number of nitrogens with zero attached hydrogens (tertiary/aromatic N) is 3. The van der Waals surface area contributed by atoms with Gasteiger partial charge in [0.2, 0.25) is 0 Å². The second-order valence-electron chi connectivity index (χ2n) is 6.51. The number of carbonyl (C=O) groups excluding carboxylic acids is 1. The number of aromatic nitrogens is 2. The van der Waals surface area contributed by atoms with Crippen molar-refractivity contribution in [3.63, 3.8) is 0 Å². The molecule has 1 aliphatic heterocycles. The van der Waals surface area contributed by atoms with Crippen LogP contribution in [-0.4, -0.2) is 46.2 Å². The zero-order chi connectivity index (χ0) is 15.5. The number of likely N-dealkylation sites (tertiary alicyclic amines) is 1. The van der Waals surface area contributed by atoms with Crippen LogP contribution in [0.3, 0.4) is 0 Å². The summed E-state index contributed by atoms with van der Waals surface area (Å²) in [5, 5.41) is 3.31. The molecule has 0 spiro atoms. The van der Waals surface area contributed by atoms with Gasteiger partial charge in [-0.05, 0) is 40.0 Å². The Kier molecular flexibility index (Phi) is 4.65. The van der Waals surface area contributed by atoms with Crippen molar-refractivity contribution in [2.45, 2.75) is 39.7 Å². The Morgan fingerprint density at radius 3 is 2.90 bits per heavy atom. The van der Waals surface area contributed by atoms with E-state index in [2.05, 4.69) is 15.3 Å². The van der Waals surface area contributed by atoms with Crippen LogP contribution in [0, 0.1) is 12.8 Å². The van der Waals surface area contributed by atoms with Gasteiger partial charge in [0.05, 0.1) is 0 Å². The highest BCUT2D eigenvalue weighted by atomic mass is 16.6. The number of aryl methyl sites for hydroxylation is 1. The molecule has 2 rings (SSSR count). The van der Waals surface area contributed by atoms with E-state index in [1.807, 2.05) is 33.8 Å². The van der Waals surface area contributed by atoms with E-state index in [9.17, 15) is 4.79 Å². The van der Waals surface area contributed by atoms with Crippen molar-refractivity contribution in [1.29, 1.82) is 0 Å². The van der Waals surface area contributed by atoms with Crippen LogP contribution in [0.5, 0.6) is 0 Å². The zero-order valence-electron chi connectivity index (χ0n) is 13.2. The fourth-order valence-corrected chi connectivity index (χ4v) is 2.29. The SMILES string of the molecule is Cc1cc(NC[C@@H]2CCN(C(=O)OC(C)(C)C)C2)ncn1. The van der Waals surface area contributed by atoms with Crippen LogP contribution in [0.15, 0.2) is 12.4 Å². The minimum absolute atomic E-state index is 0.220. The Morgan fingerprint density at radius 1 is 1.48 bits per heavy atom. The summed E-state index contributed by atoms with van der Waals surface area (Å²) in [5.41, 5.74) is 0.501. The van der Waals surface area contributed by atoms with Gasteiger partial charge in [-0.25, -0.2) is 14.8 Å². The number of anilines is 1. The third-order valence-corrected chi connectivity index (χ3v) is 3.31. The van der Waals surface area contributed by atoms with E-state index in [-0.39, 0.29) is 6.09 Å². The molecule has 0 bridgehead atoms. The Morgan fingerprint density at radius 2 is 2.24 bits per heavy atom. The standard InChI is InChI=1S/C15H24N4O2/c1-11-7-13(18-10-17-11)16-8-12-5-6-19(9-12)14(20)21-15(2,3)4/h7,10,12H,5-6,8-9H2,1-4H3,(H,16,17,18)/t12-/m0/s1. The first kappa shape index (κ1) is 15.5. The van der Waals surface area contributed by atoms with Gasteiger partial charge in [-0.3, -0.25) is 0 Å². The molecule has 1 aromatic heterocycles. The smallest absolute Gasteiger partial charge is 0.410 e. The first-order chi connectivity index (χ1) is 9.83. The van der Waals surface area contributed by atoms with Crippen molar-refractivity contribution in [3.05, 3.63) is 18.1 Å². The average Bonchev–Trinajstić information content (AvgIpc) is 2.83. The Labute approximate surface area is 125 Å². The minimum atomic E-state index is -0.439. The number of hydrogen-bond acceptors (Lipinski definition) is 5. The van der Waals surface area contributed by atoms with E-state index in [1.54, 1.807) is 11.2 Å². The fourth-order valence-electron chi connectivity index (χ4n) is 2.29. The minimum Gasteiger partial charge on any atom is -0.444 e. The summed E-state index contributed by atoms with van der Waals surface area (Å²) in [6, 6.07) is 1.92. The van der Waals surface area contributed by atoms with E-state index in [0.717, 1.165) is 37.6 Å². The Hall–Kier alpha value is -1.85. The largest absolute Gasteiger partial charge is 0.444 e. The van der Waals surface area contributed by atoms with Gasteiger partial charge < -0.3 is 15.0 Å². The lowest BCUT2D eigenvalue weighted by Crippen LogP contribution is -2.35. The van der Waals surface area contributed by atoms with Gasteiger partial charge in [-0.15, -0.1) is 0 Å². The highest BCUT2D eigenvalue weighted by Crippen LogP contribution is 2.19. The predicted octanol–water partition coefficient (Wildman–Crippen LogP) is 2.45. The molecule has 1 aliphatic rings. The molecule has 1 aromatic rings. The molecular formula is C15H24N4O2. The summed E-state index contributed by atoms with van der Waals surface area (Å²) < 4.78 is 5.39. The molecule has 2 heterocycles. The summed E-state index contributed by atoms with van der Waals surface area (Å²) in [6.45, 7) is 9.88. The van der Waals surface area contributed by atoms with Gasteiger partial charge in [0.15, 0.2) is 0 Å². The number of amides is 1. The summed E-state index contributed by atoms with van der Waals surface area (Å²) in [6.07, 6.45) is 2.32. The summed E-state index contributed by atoms with van der Waals surface area (Å²) in [4.78, 5) is 22.0. The summed E-state index contributed by atoms with van der Waals surface area (Å²) in [7, 11) is 0.